The first kappa shape index (κ1) is 23.2. The minimum Gasteiger partial charge on any atom is -0.326 e. The molecule has 5 heteroatoms. The molecule has 0 atom stereocenters. The summed E-state index contributed by atoms with van der Waals surface area (Å²) >= 11 is 0. The molecule has 0 bridgehead atoms. The van der Waals surface area contributed by atoms with E-state index in [1.54, 1.807) is 4.90 Å². The van der Waals surface area contributed by atoms with Gasteiger partial charge in [-0.3, -0.25) is 9.59 Å². The Balaban J connectivity index is 1.78. The summed E-state index contributed by atoms with van der Waals surface area (Å²) in [7, 11) is 0. The summed E-state index contributed by atoms with van der Waals surface area (Å²) in [6.07, 6.45) is 0.600. The van der Waals surface area contributed by atoms with Crippen molar-refractivity contribution < 1.29 is 14.0 Å². The molecule has 0 aliphatic carbocycles. The van der Waals surface area contributed by atoms with Gasteiger partial charge in [0, 0.05) is 17.8 Å². The Hall–Kier alpha value is -3.47. The van der Waals surface area contributed by atoms with Crippen molar-refractivity contribution in [3.8, 4) is 0 Å². The van der Waals surface area contributed by atoms with Crippen LogP contribution in [0.25, 0.3) is 0 Å². The topological polar surface area (TPSA) is 49.4 Å². The third kappa shape index (κ3) is 6.77. The molecule has 166 valence electrons. The summed E-state index contributed by atoms with van der Waals surface area (Å²) < 4.78 is 13.1. The Morgan fingerprint density at radius 1 is 0.938 bits per heavy atom. The number of amides is 2. The van der Waals surface area contributed by atoms with Gasteiger partial charge >= 0.3 is 0 Å². The summed E-state index contributed by atoms with van der Waals surface area (Å²) in [5.74, 6) is -0.260. The third-order valence-electron chi connectivity index (χ3n) is 5.06. The SMILES string of the molecule is Cc1ccc(CN(C(=O)CC(C)C)c2cccc(CC(=O)Nc3ccc(F)cc3)c2)cc1. The first-order chi connectivity index (χ1) is 15.3. The fraction of sp³-hybridized carbons (Fsp3) is 0.259. The second kappa shape index (κ2) is 10.7. The molecular weight excluding hydrogens is 403 g/mol. The fourth-order valence-corrected chi connectivity index (χ4v) is 3.42. The molecule has 0 saturated carbocycles. The maximum Gasteiger partial charge on any atom is 0.228 e. The first-order valence-electron chi connectivity index (χ1n) is 10.8. The van der Waals surface area contributed by atoms with Crippen LogP contribution in [0.4, 0.5) is 15.8 Å². The van der Waals surface area contributed by atoms with Crippen molar-refractivity contribution >= 4 is 23.2 Å². The highest BCUT2D eigenvalue weighted by Gasteiger charge is 2.18. The summed E-state index contributed by atoms with van der Waals surface area (Å²) in [5, 5.41) is 2.77. The van der Waals surface area contributed by atoms with Crippen LogP contribution in [0.5, 0.6) is 0 Å². The number of halogens is 1. The van der Waals surface area contributed by atoms with Gasteiger partial charge in [-0.25, -0.2) is 4.39 Å². The van der Waals surface area contributed by atoms with Gasteiger partial charge in [-0.1, -0.05) is 55.8 Å². The highest BCUT2D eigenvalue weighted by Crippen LogP contribution is 2.22. The molecule has 32 heavy (non-hydrogen) atoms. The van der Waals surface area contributed by atoms with Gasteiger partial charge in [0.2, 0.25) is 11.8 Å². The normalized spacial score (nSPS) is 10.8. The number of hydrogen-bond acceptors (Lipinski definition) is 2. The van der Waals surface area contributed by atoms with Crippen LogP contribution < -0.4 is 10.2 Å². The largest absolute Gasteiger partial charge is 0.326 e. The Labute approximate surface area is 189 Å². The maximum absolute atomic E-state index is 13.1. The second-order valence-electron chi connectivity index (χ2n) is 8.47. The Morgan fingerprint density at radius 2 is 1.62 bits per heavy atom. The summed E-state index contributed by atoms with van der Waals surface area (Å²) in [6, 6.07) is 21.3. The smallest absolute Gasteiger partial charge is 0.228 e. The van der Waals surface area contributed by atoms with E-state index in [2.05, 4.69) is 5.32 Å². The van der Waals surface area contributed by atoms with Gasteiger partial charge in [-0.05, 0) is 60.4 Å². The summed E-state index contributed by atoms with van der Waals surface area (Å²) in [4.78, 5) is 27.3. The van der Waals surface area contributed by atoms with Gasteiger partial charge in [-0.2, -0.15) is 0 Å². The van der Waals surface area contributed by atoms with Crippen LogP contribution in [0.3, 0.4) is 0 Å². The molecule has 0 saturated heterocycles. The van der Waals surface area contributed by atoms with Crippen molar-refractivity contribution in [3.63, 3.8) is 0 Å². The summed E-state index contributed by atoms with van der Waals surface area (Å²) in [6.45, 7) is 6.55. The Kier molecular flexibility index (Phi) is 7.77. The van der Waals surface area contributed by atoms with E-state index in [0.29, 0.717) is 18.7 Å². The van der Waals surface area contributed by atoms with Crippen LogP contribution in [0, 0.1) is 18.7 Å². The molecule has 1 N–H and O–H groups in total. The van der Waals surface area contributed by atoms with E-state index < -0.39 is 0 Å². The first-order valence-corrected chi connectivity index (χ1v) is 10.8. The number of carbonyl (C=O) groups excluding carboxylic acids is 2. The van der Waals surface area contributed by atoms with Crippen LogP contribution >= 0.6 is 0 Å². The predicted octanol–water partition coefficient (Wildman–Crippen LogP) is 5.89. The van der Waals surface area contributed by atoms with E-state index in [4.69, 9.17) is 0 Å². The van der Waals surface area contributed by atoms with Gasteiger partial charge in [-0.15, -0.1) is 0 Å². The number of aryl methyl sites for hydroxylation is 1. The average molecular weight is 433 g/mol. The van der Waals surface area contributed by atoms with Crippen molar-refractivity contribution in [1.82, 2.24) is 0 Å². The van der Waals surface area contributed by atoms with Crippen molar-refractivity contribution in [2.75, 3.05) is 10.2 Å². The van der Waals surface area contributed by atoms with Gasteiger partial charge in [0.15, 0.2) is 0 Å². The van der Waals surface area contributed by atoms with E-state index in [1.165, 1.54) is 29.8 Å². The number of nitrogens with one attached hydrogen (secondary N) is 1. The van der Waals surface area contributed by atoms with Crippen molar-refractivity contribution in [2.24, 2.45) is 5.92 Å². The van der Waals surface area contributed by atoms with Gasteiger partial charge < -0.3 is 10.2 Å². The molecule has 3 aromatic carbocycles. The molecule has 4 nitrogen and oxygen atoms in total. The molecular formula is C27H29FN2O2. The number of rotatable bonds is 8. The maximum atomic E-state index is 13.1. The van der Waals surface area contributed by atoms with Crippen LogP contribution in [0.1, 0.15) is 37.0 Å². The summed E-state index contributed by atoms with van der Waals surface area (Å²) in [5.41, 5.74) is 4.33. The lowest BCUT2D eigenvalue weighted by molar-refractivity contribution is -0.119. The van der Waals surface area contributed by atoms with E-state index in [9.17, 15) is 14.0 Å². The molecule has 2 amide bonds. The number of benzene rings is 3. The molecule has 0 radical (unpaired) electrons. The molecule has 0 fully saturated rings. The molecule has 3 aromatic rings. The van der Waals surface area contributed by atoms with E-state index in [-0.39, 0.29) is 30.0 Å². The Morgan fingerprint density at radius 3 is 2.28 bits per heavy atom. The van der Waals surface area contributed by atoms with E-state index in [1.807, 2.05) is 69.3 Å². The minimum atomic E-state index is -0.351. The van der Waals surface area contributed by atoms with Crippen molar-refractivity contribution in [1.29, 1.82) is 0 Å². The molecule has 0 heterocycles. The lowest BCUT2D eigenvalue weighted by Gasteiger charge is -2.25. The standard InChI is InChI=1S/C27H29FN2O2/c1-19(2)15-27(32)30(18-21-9-7-20(3)8-10-21)25-6-4-5-22(16-25)17-26(31)29-24-13-11-23(28)12-14-24/h4-14,16,19H,15,17-18H2,1-3H3,(H,29,31). The highest BCUT2D eigenvalue weighted by molar-refractivity contribution is 5.94. The number of carbonyl (C=O) groups is 2. The lowest BCUT2D eigenvalue weighted by Crippen LogP contribution is -2.31. The van der Waals surface area contributed by atoms with Crippen LogP contribution in [-0.4, -0.2) is 11.8 Å². The fourth-order valence-electron chi connectivity index (χ4n) is 3.42. The molecule has 0 aromatic heterocycles. The van der Waals surface area contributed by atoms with Crippen molar-refractivity contribution in [3.05, 3.63) is 95.3 Å². The molecule has 0 aliphatic heterocycles. The zero-order valence-corrected chi connectivity index (χ0v) is 18.8. The number of anilines is 2. The van der Waals surface area contributed by atoms with Crippen LogP contribution in [0.2, 0.25) is 0 Å². The molecule has 3 rings (SSSR count). The van der Waals surface area contributed by atoms with Gasteiger partial charge in [0.05, 0.1) is 13.0 Å². The van der Waals surface area contributed by atoms with E-state index in [0.717, 1.165) is 16.8 Å². The zero-order chi connectivity index (χ0) is 23.1. The zero-order valence-electron chi connectivity index (χ0n) is 18.8. The monoisotopic (exact) mass is 432 g/mol. The molecule has 0 spiro atoms. The lowest BCUT2D eigenvalue weighted by atomic mass is 10.1. The van der Waals surface area contributed by atoms with Gasteiger partial charge in [0.25, 0.3) is 0 Å². The van der Waals surface area contributed by atoms with Crippen LogP contribution in [-0.2, 0) is 22.6 Å². The molecule has 0 unspecified atom stereocenters. The predicted molar refractivity (Wildman–Crippen MR) is 127 cm³/mol. The Bertz CT molecular complexity index is 1060. The molecule has 0 aliphatic rings. The van der Waals surface area contributed by atoms with Gasteiger partial charge in [0.1, 0.15) is 5.82 Å². The highest BCUT2D eigenvalue weighted by atomic mass is 19.1. The van der Waals surface area contributed by atoms with Crippen molar-refractivity contribution in [2.45, 2.75) is 40.2 Å². The van der Waals surface area contributed by atoms with E-state index >= 15 is 0 Å². The minimum absolute atomic E-state index is 0.0495. The quantitative estimate of drug-likeness (QED) is 0.482. The second-order valence-corrected chi connectivity index (χ2v) is 8.47. The average Bonchev–Trinajstić information content (AvgIpc) is 2.74. The van der Waals surface area contributed by atoms with Crippen LogP contribution in [0.15, 0.2) is 72.8 Å². The number of nitrogens with zero attached hydrogens (tertiary/aromatic N) is 1. The third-order valence-corrected chi connectivity index (χ3v) is 5.06. The number of hydrogen-bond donors (Lipinski definition) is 1.